The van der Waals surface area contributed by atoms with Gasteiger partial charge in [-0.15, -0.1) is 0 Å². The van der Waals surface area contributed by atoms with Crippen LogP contribution in [0.1, 0.15) is 42.3 Å². The summed E-state index contributed by atoms with van der Waals surface area (Å²) in [5, 5.41) is 5.03. The number of halogens is 1. The molecule has 0 N–H and O–H groups in total. The number of hydrogen-bond acceptors (Lipinski definition) is 3. The number of nitrogens with zero attached hydrogens (tertiary/aromatic N) is 4. The summed E-state index contributed by atoms with van der Waals surface area (Å²) in [6.07, 6.45) is 1.48. The van der Waals surface area contributed by atoms with Crippen molar-refractivity contribution in [3.8, 4) is 5.82 Å². The molecule has 4 nitrogen and oxygen atoms in total. The van der Waals surface area contributed by atoms with Crippen LogP contribution in [0.25, 0.3) is 5.82 Å². The van der Waals surface area contributed by atoms with Crippen molar-refractivity contribution < 1.29 is 0 Å². The van der Waals surface area contributed by atoms with E-state index in [0.717, 1.165) is 22.8 Å². The van der Waals surface area contributed by atoms with Crippen LogP contribution in [0.4, 0.5) is 0 Å². The van der Waals surface area contributed by atoms with Gasteiger partial charge in [0, 0.05) is 11.3 Å². The van der Waals surface area contributed by atoms with Crippen LogP contribution in [0, 0.1) is 20.8 Å². The smallest absolute Gasteiger partial charge is 0.161 e. The molecule has 0 unspecified atom stereocenters. The predicted octanol–water partition coefficient (Wildman–Crippen LogP) is 3.36. The lowest BCUT2D eigenvalue weighted by molar-refractivity contribution is 0.752. The van der Waals surface area contributed by atoms with Gasteiger partial charge in [-0.25, -0.2) is 14.6 Å². The van der Waals surface area contributed by atoms with Crippen molar-refractivity contribution in [1.29, 1.82) is 0 Å². The Hall–Kier alpha value is -1.42. The van der Waals surface area contributed by atoms with Gasteiger partial charge in [-0.3, -0.25) is 0 Å². The molecule has 0 aliphatic rings. The van der Waals surface area contributed by atoms with Gasteiger partial charge in [0.1, 0.15) is 11.5 Å². The molecular weight excluding hydrogens is 248 g/mol. The first-order chi connectivity index (χ1) is 8.43. The van der Waals surface area contributed by atoms with Gasteiger partial charge in [0.2, 0.25) is 0 Å². The lowest BCUT2D eigenvalue weighted by Crippen LogP contribution is -2.09. The lowest BCUT2D eigenvalue weighted by atomic mass is 10.1. The maximum atomic E-state index is 6.18. The molecule has 0 fully saturated rings. The molecule has 2 heterocycles. The molecule has 0 aliphatic heterocycles. The maximum absolute atomic E-state index is 6.18. The second-order valence-corrected chi connectivity index (χ2v) is 5.12. The molecule has 0 spiro atoms. The molecule has 0 atom stereocenters. The second kappa shape index (κ2) is 4.69. The molecule has 0 bridgehead atoms. The summed E-state index contributed by atoms with van der Waals surface area (Å²) in [5.74, 6) is 1.02. The molecule has 18 heavy (non-hydrogen) atoms. The highest BCUT2D eigenvalue weighted by molar-refractivity contribution is 6.30. The van der Waals surface area contributed by atoms with E-state index in [4.69, 9.17) is 11.6 Å². The van der Waals surface area contributed by atoms with Crippen molar-refractivity contribution in [3.63, 3.8) is 0 Å². The van der Waals surface area contributed by atoms with Crippen molar-refractivity contribution >= 4 is 11.6 Å². The summed E-state index contributed by atoms with van der Waals surface area (Å²) in [7, 11) is 0. The van der Waals surface area contributed by atoms with Crippen molar-refractivity contribution in [3.05, 3.63) is 34.0 Å². The van der Waals surface area contributed by atoms with E-state index in [1.165, 1.54) is 11.9 Å². The first-order valence-electron chi connectivity index (χ1n) is 5.97. The van der Waals surface area contributed by atoms with Crippen LogP contribution in [0.2, 0.25) is 5.15 Å². The Morgan fingerprint density at radius 3 is 2.33 bits per heavy atom. The standard InChI is InChI=1S/C13H17ClN4/c1-7(2)11-12(14)15-6-16-13(11)18-10(5)8(3)9(4)17-18/h6-7H,1-5H3. The minimum Gasteiger partial charge on any atom is -0.224 e. The largest absolute Gasteiger partial charge is 0.224 e. The molecule has 0 aromatic carbocycles. The van der Waals surface area contributed by atoms with Gasteiger partial charge in [0.15, 0.2) is 5.82 Å². The van der Waals surface area contributed by atoms with E-state index in [1.54, 1.807) is 0 Å². The zero-order valence-corrected chi connectivity index (χ0v) is 12.1. The quantitative estimate of drug-likeness (QED) is 0.781. The zero-order valence-electron chi connectivity index (χ0n) is 11.3. The molecule has 2 aromatic heterocycles. The van der Waals surface area contributed by atoms with E-state index in [9.17, 15) is 0 Å². The van der Waals surface area contributed by atoms with Crippen molar-refractivity contribution in [2.24, 2.45) is 0 Å². The first kappa shape index (κ1) is 13.0. The summed E-state index contributed by atoms with van der Waals surface area (Å²) in [6.45, 7) is 10.2. The second-order valence-electron chi connectivity index (χ2n) is 4.76. The average Bonchev–Trinajstić information content (AvgIpc) is 2.56. The predicted molar refractivity (Wildman–Crippen MR) is 72.5 cm³/mol. The molecule has 96 valence electrons. The third-order valence-electron chi connectivity index (χ3n) is 3.25. The van der Waals surface area contributed by atoms with Crippen LogP contribution >= 0.6 is 11.6 Å². The molecular formula is C13H17ClN4. The SMILES string of the molecule is Cc1nn(-c2ncnc(Cl)c2C(C)C)c(C)c1C. The van der Waals surface area contributed by atoms with E-state index >= 15 is 0 Å². The molecule has 2 aromatic rings. The fourth-order valence-electron chi connectivity index (χ4n) is 1.96. The highest BCUT2D eigenvalue weighted by atomic mass is 35.5. The molecule has 0 saturated carbocycles. The average molecular weight is 265 g/mol. The van der Waals surface area contributed by atoms with Crippen LogP contribution in [0.3, 0.4) is 0 Å². The Balaban J connectivity index is 2.71. The van der Waals surface area contributed by atoms with Crippen LogP contribution in [-0.2, 0) is 0 Å². The highest BCUT2D eigenvalue weighted by Gasteiger charge is 2.18. The molecule has 2 rings (SSSR count). The van der Waals surface area contributed by atoms with Gasteiger partial charge in [-0.1, -0.05) is 25.4 Å². The molecule has 0 saturated heterocycles. The Labute approximate surface area is 112 Å². The zero-order chi connectivity index (χ0) is 13.4. The van der Waals surface area contributed by atoms with Gasteiger partial charge in [0.25, 0.3) is 0 Å². The van der Waals surface area contributed by atoms with Crippen molar-refractivity contribution in [2.75, 3.05) is 0 Å². The van der Waals surface area contributed by atoms with E-state index in [0.29, 0.717) is 5.15 Å². The van der Waals surface area contributed by atoms with E-state index in [2.05, 4.69) is 35.8 Å². The van der Waals surface area contributed by atoms with E-state index in [1.807, 2.05) is 18.5 Å². The summed E-state index contributed by atoms with van der Waals surface area (Å²) in [5.41, 5.74) is 4.21. The van der Waals surface area contributed by atoms with Crippen LogP contribution < -0.4 is 0 Å². The first-order valence-corrected chi connectivity index (χ1v) is 6.34. The van der Waals surface area contributed by atoms with Crippen molar-refractivity contribution in [2.45, 2.75) is 40.5 Å². The van der Waals surface area contributed by atoms with Crippen molar-refractivity contribution in [1.82, 2.24) is 19.7 Å². The van der Waals surface area contributed by atoms with Crippen LogP contribution in [0.15, 0.2) is 6.33 Å². The lowest BCUT2D eigenvalue weighted by Gasteiger charge is -2.13. The van der Waals surface area contributed by atoms with E-state index < -0.39 is 0 Å². The topological polar surface area (TPSA) is 43.6 Å². The number of aromatic nitrogens is 4. The fourth-order valence-corrected chi connectivity index (χ4v) is 2.30. The molecule has 0 aliphatic carbocycles. The minimum atomic E-state index is 0.248. The number of aryl methyl sites for hydroxylation is 1. The van der Waals surface area contributed by atoms with Gasteiger partial charge in [-0.2, -0.15) is 5.10 Å². The summed E-state index contributed by atoms with van der Waals surface area (Å²) >= 11 is 6.18. The Morgan fingerprint density at radius 2 is 1.83 bits per heavy atom. The third-order valence-corrected chi connectivity index (χ3v) is 3.55. The fraction of sp³-hybridized carbons (Fsp3) is 0.462. The summed E-state index contributed by atoms with van der Waals surface area (Å²) < 4.78 is 1.85. The molecule has 0 radical (unpaired) electrons. The monoisotopic (exact) mass is 264 g/mol. The summed E-state index contributed by atoms with van der Waals surface area (Å²) in [6, 6.07) is 0. The van der Waals surface area contributed by atoms with Gasteiger partial charge in [-0.05, 0) is 32.3 Å². The van der Waals surface area contributed by atoms with Crippen LogP contribution in [-0.4, -0.2) is 19.7 Å². The summed E-state index contributed by atoms with van der Waals surface area (Å²) in [4.78, 5) is 8.41. The Bertz CT molecular complexity index is 587. The molecule has 5 heteroatoms. The Morgan fingerprint density at radius 1 is 1.17 bits per heavy atom. The van der Waals surface area contributed by atoms with Gasteiger partial charge in [0.05, 0.1) is 5.69 Å². The number of hydrogen-bond donors (Lipinski definition) is 0. The van der Waals surface area contributed by atoms with Gasteiger partial charge < -0.3 is 0 Å². The Kier molecular flexibility index (Phi) is 3.39. The normalized spacial score (nSPS) is 11.3. The van der Waals surface area contributed by atoms with E-state index in [-0.39, 0.29) is 5.92 Å². The highest BCUT2D eigenvalue weighted by Crippen LogP contribution is 2.28. The van der Waals surface area contributed by atoms with Gasteiger partial charge >= 0.3 is 0 Å². The minimum absolute atomic E-state index is 0.248. The maximum Gasteiger partial charge on any atom is 0.161 e. The third kappa shape index (κ3) is 2.01. The number of rotatable bonds is 2. The van der Waals surface area contributed by atoms with Crippen LogP contribution in [0.5, 0.6) is 0 Å². The molecule has 0 amide bonds.